The maximum atomic E-state index is 12.0. The summed E-state index contributed by atoms with van der Waals surface area (Å²) in [5.41, 5.74) is 1.34. The summed E-state index contributed by atoms with van der Waals surface area (Å²) in [5.74, 6) is -0.139. The number of carbonyl (C=O) groups is 1. The fourth-order valence-electron chi connectivity index (χ4n) is 1.65. The zero-order valence-electron chi connectivity index (χ0n) is 11.8. The Hall–Kier alpha value is -1.56. The molecule has 0 aliphatic rings. The summed E-state index contributed by atoms with van der Waals surface area (Å²) in [7, 11) is 1.86. The van der Waals surface area contributed by atoms with Gasteiger partial charge >= 0.3 is 0 Å². The Morgan fingerprint density at radius 2 is 2.24 bits per heavy atom. The van der Waals surface area contributed by atoms with Crippen molar-refractivity contribution in [2.24, 2.45) is 0 Å². The quantitative estimate of drug-likeness (QED) is 0.885. The summed E-state index contributed by atoms with van der Waals surface area (Å²) >= 11 is 5.94. The van der Waals surface area contributed by atoms with Crippen LogP contribution in [0.2, 0.25) is 5.02 Å². The maximum Gasteiger partial charge on any atom is 0.254 e. The molecule has 2 aromatic rings. The molecule has 0 radical (unpaired) electrons. The molecule has 0 saturated heterocycles. The molecule has 1 heterocycles. The van der Waals surface area contributed by atoms with Crippen LogP contribution in [0.5, 0.6) is 0 Å². The zero-order valence-corrected chi connectivity index (χ0v) is 13.4. The van der Waals surface area contributed by atoms with Crippen LogP contribution in [0.15, 0.2) is 36.7 Å². The number of nitrogens with one attached hydrogen (secondary N) is 2. The van der Waals surface area contributed by atoms with E-state index in [2.05, 4.69) is 15.7 Å². The molecule has 1 aromatic carbocycles. The van der Waals surface area contributed by atoms with Crippen molar-refractivity contribution in [2.45, 2.75) is 13.0 Å². The second kappa shape index (κ2) is 8.02. The lowest BCUT2D eigenvalue weighted by atomic mass is 10.3. The minimum atomic E-state index is -0.139. The van der Waals surface area contributed by atoms with E-state index >= 15 is 0 Å². The molecule has 0 saturated carbocycles. The molecule has 0 spiro atoms. The first-order chi connectivity index (χ1) is 9.60. The van der Waals surface area contributed by atoms with Crippen molar-refractivity contribution in [1.82, 2.24) is 20.4 Å². The number of likely N-dealkylation sites (N-methyl/N-ethyl adjacent to an activating group) is 1. The number of carbonyl (C=O) groups excluding carboxylic acids is 1. The van der Waals surface area contributed by atoms with Crippen LogP contribution in [-0.2, 0) is 0 Å². The fourth-order valence-corrected chi connectivity index (χ4v) is 1.83. The predicted molar refractivity (Wildman–Crippen MR) is 86.7 cm³/mol. The van der Waals surface area contributed by atoms with Gasteiger partial charge in [-0.3, -0.25) is 4.79 Å². The van der Waals surface area contributed by atoms with Gasteiger partial charge in [0.2, 0.25) is 0 Å². The van der Waals surface area contributed by atoms with Crippen LogP contribution >= 0.6 is 24.0 Å². The van der Waals surface area contributed by atoms with Gasteiger partial charge in [-0.25, -0.2) is 4.68 Å². The molecule has 1 unspecified atom stereocenters. The van der Waals surface area contributed by atoms with Crippen LogP contribution in [0.3, 0.4) is 0 Å². The minimum absolute atomic E-state index is 0. The van der Waals surface area contributed by atoms with Gasteiger partial charge in [0.25, 0.3) is 5.91 Å². The van der Waals surface area contributed by atoms with Crippen molar-refractivity contribution in [1.29, 1.82) is 0 Å². The largest absolute Gasteiger partial charge is 0.350 e. The van der Waals surface area contributed by atoms with Crippen molar-refractivity contribution < 1.29 is 4.79 Å². The number of nitrogens with zero attached hydrogens (tertiary/aromatic N) is 2. The molecular formula is C14H18Cl2N4O. The van der Waals surface area contributed by atoms with Crippen LogP contribution in [0.25, 0.3) is 5.69 Å². The van der Waals surface area contributed by atoms with E-state index in [1.807, 2.05) is 26.1 Å². The molecule has 2 rings (SSSR count). The van der Waals surface area contributed by atoms with Crippen LogP contribution < -0.4 is 10.6 Å². The van der Waals surface area contributed by atoms with Gasteiger partial charge in [0.15, 0.2) is 0 Å². The van der Waals surface area contributed by atoms with Gasteiger partial charge in [0, 0.05) is 23.8 Å². The Bertz CT molecular complexity index is 600. The highest BCUT2D eigenvalue weighted by atomic mass is 35.5. The molecule has 1 amide bonds. The molecule has 0 bridgehead atoms. The number of hydrogen-bond donors (Lipinski definition) is 2. The summed E-state index contributed by atoms with van der Waals surface area (Å²) < 4.78 is 1.63. The summed E-state index contributed by atoms with van der Waals surface area (Å²) in [5, 5.41) is 10.7. The number of amides is 1. The van der Waals surface area contributed by atoms with Gasteiger partial charge in [-0.05, 0) is 32.2 Å². The van der Waals surface area contributed by atoms with Crippen molar-refractivity contribution in [2.75, 3.05) is 13.6 Å². The molecule has 21 heavy (non-hydrogen) atoms. The third kappa shape index (κ3) is 4.74. The summed E-state index contributed by atoms with van der Waals surface area (Å²) in [6, 6.07) is 7.53. The van der Waals surface area contributed by atoms with Gasteiger partial charge in [0.05, 0.1) is 17.4 Å². The summed E-state index contributed by atoms with van der Waals surface area (Å²) in [4.78, 5) is 12.0. The highest BCUT2D eigenvalue weighted by Gasteiger charge is 2.10. The molecule has 0 aliphatic heterocycles. The number of aromatic nitrogens is 2. The molecule has 5 nitrogen and oxygen atoms in total. The first-order valence-corrected chi connectivity index (χ1v) is 6.74. The highest BCUT2D eigenvalue weighted by molar-refractivity contribution is 6.30. The van der Waals surface area contributed by atoms with Crippen molar-refractivity contribution in [3.8, 4) is 5.69 Å². The third-order valence-electron chi connectivity index (χ3n) is 2.98. The number of rotatable bonds is 5. The molecule has 7 heteroatoms. The van der Waals surface area contributed by atoms with Crippen molar-refractivity contribution in [3.63, 3.8) is 0 Å². The van der Waals surface area contributed by atoms with E-state index in [9.17, 15) is 4.79 Å². The lowest BCUT2D eigenvalue weighted by molar-refractivity contribution is 0.0950. The maximum absolute atomic E-state index is 12.0. The Morgan fingerprint density at radius 3 is 2.90 bits per heavy atom. The topological polar surface area (TPSA) is 58.9 Å². The average Bonchev–Trinajstić information content (AvgIpc) is 2.94. The van der Waals surface area contributed by atoms with Gasteiger partial charge in [-0.1, -0.05) is 17.7 Å². The second-order valence-electron chi connectivity index (χ2n) is 4.55. The van der Waals surface area contributed by atoms with E-state index in [1.165, 1.54) is 0 Å². The summed E-state index contributed by atoms with van der Waals surface area (Å²) in [6.45, 7) is 2.56. The van der Waals surface area contributed by atoms with Gasteiger partial charge in [-0.15, -0.1) is 12.4 Å². The Labute approximate surface area is 135 Å². The van der Waals surface area contributed by atoms with E-state index < -0.39 is 0 Å². The fraction of sp³-hybridized carbons (Fsp3) is 0.286. The molecule has 2 N–H and O–H groups in total. The standard InChI is InChI=1S/C14H17ClN4O.ClH/c1-10(16-2)7-17-14(20)11-8-18-19(9-11)13-5-3-4-12(15)6-13;/h3-6,8-10,16H,7H2,1-2H3,(H,17,20);1H. The van der Waals surface area contributed by atoms with E-state index in [1.54, 1.807) is 29.2 Å². The van der Waals surface area contributed by atoms with E-state index in [0.717, 1.165) is 5.69 Å². The molecule has 1 aromatic heterocycles. The van der Waals surface area contributed by atoms with E-state index in [0.29, 0.717) is 17.1 Å². The van der Waals surface area contributed by atoms with Crippen molar-refractivity contribution in [3.05, 3.63) is 47.2 Å². The van der Waals surface area contributed by atoms with Crippen LogP contribution in [-0.4, -0.2) is 35.3 Å². The SMILES string of the molecule is CNC(C)CNC(=O)c1cnn(-c2cccc(Cl)c2)c1.Cl. The monoisotopic (exact) mass is 328 g/mol. The van der Waals surface area contributed by atoms with E-state index in [4.69, 9.17) is 11.6 Å². The average molecular weight is 329 g/mol. The van der Waals surface area contributed by atoms with E-state index in [-0.39, 0.29) is 24.4 Å². The Kier molecular flexibility index (Phi) is 6.68. The lowest BCUT2D eigenvalue weighted by Gasteiger charge is -2.10. The normalized spacial score (nSPS) is 11.6. The van der Waals surface area contributed by atoms with Crippen molar-refractivity contribution >= 4 is 29.9 Å². The number of benzene rings is 1. The molecule has 0 aliphatic carbocycles. The first kappa shape index (κ1) is 17.5. The number of hydrogen-bond acceptors (Lipinski definition) is 3. The van der Waals surface area contributed by atoms with Gasteiger partial charge in [-0.2, -0.15) is 5.10 Å². The predicted octanol–water partition coefficient (Wildman–Crippen LogP) is 2.29. The van der Waals surface area contributed by atoms with Crippen LogP contribution in [0.1, 0.15) is 17.3 Å². The zero-order chi connectivity index (χ0) is 14.5. The Balaban J connectivity index is 0.00000220. The minimum Gasteiger partial charge on any atom is -0.350 e. The second-order valence-corrected chi connectivity index (χ2v) is 4.99. The molecular weight excluding hydrogens is 311 g/mol. The van der Waals surface area contributed by atoms with Crippen LogP contribution in [0, 0.1) is 0 Å². The third-order valence-corrected chi connectivity index (χ3v) is 3.21. The smallest absolute Gasteiger partial charge is 0.254 e. The molecule has 114 valence electrons. The van der Waals surface area contributed by atoms with Crippen LogP contribution in [0.4, 0.5) is 0 Å². The molecule has 0 fully saturated rings. The molecule has 1 atom stereocenters. The van der Waals surface area contributed by atoms with Gasteiger partial charge in [0.1, 0.15) is 0 Å². The first-order valence-electron chi connectivity index (χ1n) is 6.36. The summed E-state index contributed by atoms with van der Waals surface area (Å²) in [6.07, 6.45) is 3.23. The number of halogens is 2. The van der Waals surface area contributed by atoms with Gasteiger partial charge < -0.3 is 10.6 Å². The highest BCUT2D eigenvalue weighted by Crippen LogP contribution is 2.14. The Morgan fingerprint density at radius 1 is 1.48 bits per heavy atom. The lowest BCUT2D eigenvalue weighted by Crippen LogP contribution is -2.37.